The summed E-state index contributed by atoms with van der Waals surface area (Å²) in [5.41, 5.74) is -0.0803. The molecule has 0 aromatic heterocycles. The number of aldehydes is 1. The molecule has 3 rings (SSSR count). The highest BCUT2D eigenvalue weighted by Crippen LogP contribution is 2.35. The number of hydrogen-bond acceptors (Lipinski definition) is 4. The van der Waals surface area contributed by atoms with E-state index in [-0.39, 0.29) is 30.4 Å². The number of carbonyl (C=O) groups excluding carboxylic acids is 2. The first-order valence-electron chi connectivity index (χ1n) is 9.42. The van der Waals surface area contributed by atoms with E-state index in [0.29, 0.717) is 12.2 Å². The Morgan fingerprint density at radius 2 is 1.93 bits per heavy atom. The zero-order valence-corrected chi connectivity index (χ0v) is 15.9. The fourth-order valence-corrected chi connectivity index (χ4v) is 3.42. The molecule has 1 aliphatic rings. The normalized spacial score (nSPS) is 19.2. The Balaban J connectivity index is 1.65. The first-order chi connectivity index (χ1) is 13.9. The van der Waals surface area contributed by atoms with E-state index < -0.39 is 35.8 Å². The number of benzene rings is 2. The molecule has 0 saturated carbocycles. The maximum Gasteiger partial charge on any atom is 0.340 e. The summed E-state index contributed by atoms with van der Waals surface area (Å²) in [5, 5.41) is 0. The molecule has 2 aromatic rings. The van der Waals surface area contributed by atoms with Crippen LogP contribution in [0.5, 0.6) is 5.75 Å². The minimum absolute atomic E-state index is 0.00538. The van der Waals surface area contributed by atoms with Crippen LogP contribution < -0.4 is 4.74 Å². The third kappa shape index (κ3) is 4.67. The van der Waals surface area contributed by atoms with Gasteiger partial charge in [-0.3, -0.25) is 4.79 Å². The highest BCUT2D eigenvalue weighted by molar-refractivity contribution is 5.78. The Kier molecular flexibility index (Phi) is 6.69. The second kappa shape index (κ2) is 9.22. The Hall–Kier alpha value is -2.67. The largest absolute Gasteiger partial charge is 0.425 e. The summed E-state index contributed by atoms with van der Waals surface area (Å²) in [5.74, 6) is -1.70. The lowest BCUT2D eigenvalue weighted by atomic mass is 9.88. The zero-order chi connectivity index (χ0) is 21.0. The zero-order valence-electron chi connectivity index (χ0n) is 15.9. The lowest BCUT2D eigenvalue weighted by Crippen LogP contribution is -2.34. The number of aryl methyl sites for hydroxylation is 1. The van der Waals surface area contributed by atoms with Crippen molar-refractivity contribution in [2.24, 2.45) is 0 Å². The van der Waals surface area contributed by atoms with Crippen LogP contribution in [0.2, 0.25) is 0 Å². The van der Waals surface area contributed by atoms with Gasteiger partial charge in [-0.2, -0.15) is 0 Å². The van der Waals surface area contributed by atoms with Crippen LogP contribution in [-0.4, -0.2) is 25.0 Å². The maximum absolute atomic E-state index is 14.6. The van der Waals surface area contributed by atoms with Crippen LogP contribution in [0.25, 0.3) is 0 Å². The number of halogens is 3. The maximum atomic E-state index is 14.6. The fraction of sp³-hybridized carbons (Fsp3) is 0.364. The third-order valence-electron chi connectivity index (χ3n) is 5.12. The van der Waals surface area contributed by atoms with Crippen LogP contribution >= 0.6 is 0 Å². The van der Waals surface area contributed by atoms with E-state index in [4.69, 9.17) is 9.47 Å². The molecule has 0 aliphatic carbocycles. The van der Waals surface area contributed by atoms with Crippen molar-refractivity contribution in [3.8, 4) is 5.75 Å². The van der Waals surface area contributed by atoms with E-state index in [1.165, 1.54) is 12.1 Å². The number of ether oxygens (including phenoxy) is 2. The molecule has 1 aliphatic heterocycles. The van der Waals surface area contributed by atoms with Crippen molar-refractivity contribution in [3.63, 3.8) is 0 Å². The molecule has 2 unspecified atom stereocenters. The number of rotatable bonds is 6. The van der Waals surface area contributed by atoms with E-state index in [1.54, 1.807) is 12.1 Å². The first-order valence-corrected chi connectivity index (χ1v) is 9.42. The lowest BCUT2D eigenvalue weighted by molar-refractivity contribution is -0.150. The predicted molar refractivity (Wildman–Crippen MR) is 99.9 cm³/mol. The number of hydrogen-bond donors (Lipinski definition) is 0. The molecule has 0 N–H and O–H groups in total. The van der Waals surface area contributed by atoms with Gasteiger partial charge in [-0.15, -0.1) is 0 Å². The molecule has 1 heterocycles. The highest BCUT2D eigenvalue weighted by Gasteiger charge is 2.32. The monoisotopic (exact) mass is 406 g/mol. The van der Waals surface area contributed by atoms with Gasteiger partial charge in [0.2, 0.25) is 0 Å². The Bertz CT molecular complexity index is 872. The minimum atomic E-state index is -3.10. The van der Waals surface area contributed by atoms with Gasteiger partial charge >= 0.3 is 5.97 Å². The summed E-state index contributed by atoms with van der Waals surface area (Å²) in [6.07, 6.45) is -2.17. The van der Waals surface area contributed by atoms with E-state index in [2.05, 4.69) is 0 Å². The summed E-state index contributed by atoms with van der Waals surface area (Å²) in [4.78, 5) is 23.2. The van der Waals surface area contributed by atoms with E-state index >= 15 is 0 Å². The highest BCUT2D eigenvalue weighted by atomic mass is 19.3. The average Bonchev–Trinajstić information content (AvgIpc) is 2.73. The van der Waals surface area contributed by atoms with Gasteiger partial charge < -0.3 is 9.47 Å². The summed E-state index contributed by atoms with van der Waals surface area (Å²) in [6, 6.07) is 9.66. The van der Waals surface area contributed by atoms with E-state index in [1.807, 2.05) is 19.1 Å². The average molecular weight is 406 g/mol. The van der Waals surface area contributed by atoms with Gasteiger partial charge in [0.1, 0.15) is 11.6 Å². The Labute approximate surface area is 166 Å². The lowest BCUT2D eigenvalue weighted by Gasteiger charge is -2.28. The van der Waals surface area contributed by atoms with Crippen molar-refractivity contribution in [2.45, 2.75) is 44.6 Å². The standard InChI is InChI=1S/C22H21F3O4/c1-2-13-3-7-16(8-4-13)29-22(27)18-10-6-15(12-28-18)17-9-5-14(11-26)19(20(17)23)21(24)25/h3-5,7-9,11,15,18,21H,2,6,10,12H2,1H3. The van der Waals surface area contributed by atoms with E-state index in [0.717, 1.165) is 12.0 Å². The van der Waals surface area contributed by atoms with Crippen LogP contribution in [0.15, 0.2) is 36.4 Å². The molecular formula is C22H21F3O4. The molecule has 2 aromatic carbocycles. The molecule has 154 valence electrons. The smallest absolute Gasteiger partial charge is 0.340 e. The molecule has 0 radical (unpaired) electrons. The first kappa shape index (κ1) is 21.0. The molecule has 0 bridgehead atoms. The van der Waals surface area contributed by atoms with Crippen molar-refractivity contribution >= 4 is 12.3 Å². The van der Waals surface area contributed by atoms with Gasteiger partial charge in [0.05, 0.1) is 12.2 Å². The Morgan fingerprint density at radius 1 is 1.21 bits per heavy atom. The van der Waals surface area contributed by atoms with Crippen LogP contribution in [0, 0.1) is 5.82 Å². The molecule has 29 heavy (non-hydrogen) atoms. The van der Waals surface area contributed by atoms with E-state index in [9.17, 15) is 22.8 Å². The van der Waals surface area contributed by atoms with Crippen LogP contribution in [0.3, 0.4) is 0 Å². The molecule has 4 nitrogen and oxygen atoms in total. The van der Waals surface area contributed by atoms with Crippen molar-refractivity contribution in [3.05, 3.63) is 64.5 Å². The number of carbonyl (C=O) groups is 2. The molecule has 2 atom stereocenters. The van der Waals surface area contributed by atoms with Crippen molar-refractivity contribution in [1.29, 1.82) is 0 Å². The summed E-state index contributed by atoms with van der Waals surface area (Å²) < 4.78 is 51.7. The van der Waals surface area contributed by atoms with Crippen molar-refractivity contribution < 1.29 is 32.2 Å². The number of esters is 1. The van der Waals surface area contributed by atoms with Gasteiger partial charge in [-0.25, -0.2) is 18.0 Å². The summed E-state index contributed by atoms with van der Waals surface area (Å²) >= 11 is 0. The molecule has 0 amide bonds. The summed E-state index contributed by atoms with van der Waals surface area (Å²) in [7, 11) is 0. The van der Waals surface area contributed by atoms with Crippen molar-refractivity contribution in [2.75, 3.05) is 6.61 Å². The molecule has 1 fully saturated rings. The SMILES string of the molecule is CCc1ccc(OC(=O)C2CCC(c3ccc(C=O)c(C(F)F)c3F)CO2)cc1. The quantitative estimate of drug-likeness (QED) is 0.385. The second-order valence-corrected chi connectivity index (χ2v) is 6.91. The fourth-order valence-electron chi connectivity index (χ4n) is 3.42. The third-order valence-corrected chi connectivity index (χ3v) is 5.12. The number of alkyl halides is 2. The van der Waals surface area contributed by atoms with Crippen LogP contribution in [0.1, 0.15) is 59.2 Å². The van der Waals surface area contributed by atoms with Crippen molar-refractivity contribution in [1.82, 2.24) is 0 Å². The molecule has 0 spiro atoms. The van der Waals surface area contributed by atoms with Gasteiger partial charge in [-0.1, -0.05) is 31.2 Å². The minimum Gasteiger partial charge on any atom is -0.425 e. The van der Waals surface area contributed by atoms with Crippen LogP contribution in [-0.2, 0) is 16.0 Å². The topological polar surface area (TPSA) is 52.6 Å². The predicted octanol–water partition coefficient (Wildman–Crippen LogP) is 5.01. The van der Waals surface area contributed by atoms with Gasteiger partial charge in [0.15, 0.2) is 12.4 Å². The van der Waals surface area contributed by atoms with Gasteiger partial charge in [0.25, 0.3) is 6.43 Å². The van der Waals surface area contributed by atoms with Crippen LogP contribution in [0.4, 0.5) is 13.2 Å². The second-order valence-electron chi connectivity index (χ2n) is 6.91. The molecule has 1 saturated heterocycles. The molecule has 7 heteroatoms. The Morgan fingerprint density at radius 3 is 2.48 bits per heavy atom. The van der Waals surface area contributed by atoms with Gasteiger partial charge in [0, 0.05) is 11.5 Å². The van der Waals surface area contributed by atoms with Gasteiger partial charge in [-0.05, 0) is 42.5 Å². The molecular weight excluding hydrogens is 385 g/mol. The summed E-state index contributed by atoms with van der Waals surface area (Å²) in [6.45, 7) is 2.02.